The van der Waals surface area contributed by atoms with Crippen LogP contribution in [0.5, 0.6) is 0 Å². The number of aromatic nitrogens is 2. The van der Waals surface area contributed by atoms with E-state index >= 15 is 0 Å². The summed E-state index contributed by atoms with van der Waals surface area (Å²) in [6.45, 7) is 0. The van der Waals surface area contributed by atoms with Crippen LogP contribution in [-0.2, 0) is 0 Å². The topological polar surface area (TPSA) is 78.9 Å². The fourth-order valence-corrected chi connectivity index (χ4v) is 3.67. The van der Waals surface area contributed by atoms with Crippen LogP contribution in [0.15, 0.2) is 4.34 Å². The molecule has 0 aromatic carbocycles. The monoisotopic (exact) mass is 271 g/mol. The van der Waals surface area contributed by atoms with E-state index in [-0.39, 0.29) is 5.41 Å². The predicted octanol–water partition coefficient (Wildman–Crippen LogP) is 1.80. The maximum Gasteiger partial charge on any atom is 0.208 e. The smallest absolute Gasteiger partial charge is 0.208 e. The molecule has 1 aliphatic rings. The van der Waals surface area contributed by atoms with Crippen LogP contribution in [-0.4, -0.2) is 35.9 Å². The molecule has 1 aromatic heterocycles. The van der Waals surface area contributed by atoms with E-state index in [2.05, 4.69) is 10.2 Å². The molecule has 5 nitrogen and oxygen atoms in total. The molecule has 7 heteroatoms. The normalized spacial score (nSPS) is 16.8. The Labute approximate surface area is 109 Å². The molecule has 1 heterocycles. The average molecular weight is 271 g/mol. The molecule has 3 N–H and O–H groups in total. The highest BCUT2D eigenvalue weighted by Gasteiger charge is 2.43. The highest BCUT2D eigenvalue weighted by Crippen LogP contribution is 2.52. The molecule has 17 heavy (non-hydrogen) atoms. The number of thioether (sulfide) groups is 1. The minimum Gasteiger partial charge on any atom is -0.388 e. The van der Waals surface area contributed by atoms with Crippen LogP contribution in [0.2, 0.25) is 0 Å². The molecule has 94 valence electrons. The third-order valence-corrected chi connectivity index (χ3v) is 5.38. The first kappa shape index (κ1) is 12.6. The number of anilines is 1. The maximum atomic E-state index is 7.37. The number of hydrogen-bond donors (Lipinski definition) is 2. The van der Waals surface area contributed by atoms with E-state index in [0.29, 0.717) is 5.84 Å². The number of hydrogen-bond acceptors (Lipinski definition) is 6. The van der Waals surface area contributed by atoms with Gasteiger partial charge in [-0.1, -0.05) is 23.1 Å². The molecule has 0 radical (unpaired) electrons. The Balaban J connectivity index is 1.87. The van der Waals surface area contributed by atoms with Crippen molar-refractivity contribution in [3.05, 3.63) is 0 Å². The van der Waals surface area contributed by atoms with Gasteiger partial charge >= 0.3 is 0 Å². The second-order valence-corrected chi connectivity index (χ2v) is 6.91. The molecule has 0 aliphatic heterocycles. The zero-order valence-corrected chi connectivity index (χ0v) is 11.7. The summed E-state index contributed by atoms with van der Waals surface area (Å²) >= 11 is 3.35. The lowest BCUT2D eigenvalue weighted by molar-refractivity contribution is 0.612. The number of nitrogens with two attached hydrogens (primary N) is 1. The predicted molar refractivity (Wildman–Crippen MR) is 73.2 cm³/mol. The molecular formula is C10H17N5S2. The molecule has 0 spiro atoms. The fraction of sp³-hybridized carbons (Fsp3) is 0.700. The summed E-state index contributed by atoms with van der Waals surface area (Å²) in [5.41, 5.74) is 5.74. The number of nitrogens with zero attached hydrogens (tertiary/aromatic N) is 3. The van der Waals surface area contributed by atoms with E-state index in [1.807, 2.05) is 19.0 Å². The average Bonchev–Trinajstić information content (AvgIpc) is 2.82. The standard InChI is InChI=1S/C10H17N5S2/c1-15(2)8-13-14-9(17-8)16-6-10(3-4-10)5-7(11)12/h3-6H2,1-2H3,(H3,11,12). The Bertz CT molecular complexity index is 411. The summed E-state index contributed by atoms with van der Waals surface area (Å²) in [7, 11) is 3.93. The molecule has 0 amide bonds. The minimum atomic E-state index is 0.264. The zero-order valence-electron chi connectivity index (χ0n) is 10.1. The van der Waals surface area contributed by atoms with Crippen molar-refractivity contribution in [2.24, 2.45) is 11.1 Å². The van der Waals surface area contributed by atoms with E-state index < -0.39 is 0 Å². The first-order valence-electron chi connectivity index (χ1n) is 5.47. The van der Waals surface area contributed by atoms with Crippen LogP contribution in [0.1, 0.15) is 19.3 Å². The van der Waals surface area contributed by atoms with Crippen molar-refractivity contribution >= 4 is 34.1 Å². The molecule has 0 saturated heterocycles. The van der Waals surface area contributed by atoms with Crippen molar-refractivity contribution < 1.29 is 0 Å². The largest absolute Gasteiger partial charge is 0.388 e. The van der Waals surface area contributed by atoms with Gasteiger partial charge in [0.1, 0.15) is 0 Å². The van der Waals surface area contributed by atoms with Crippen LogP contribution in [0, 0.1) is 10.8 Å². The van der Waals surface area contributed by atoms with Gasteiger partial charge in [-0.25, -0.2) is 0 Å². The van der Waals surface area contributed by atoms with Crippen molar-refractivity contribution in [3.63, 3.8) is 0 Å². The summed E-state index contributed by atoms with van der Waals surface area (Å²) in [6.07, 6.45) is 3.08. The van der Waals surface area contributed by atoms with E-state index in [4.69, 9.17) is 11.1 Å². The SMILES string of the molecule is CN(C)c1nnc(SCC2(CC(=N)N)CC2)s1. The number of nitrogens with one attached hydrogen (secondary N) is 1. The second-order valence-electron chi connectivity index (χ2n) is 4.74. The Morgan fingerprint density at radius 1 is 1.53 bits per heavy atom. The zero-order chi connectivity index (χ0) is 12.5. The Morgan fingerprint density at radius 2 is 2.24 bits per heavy atom. The third kappa shape index (κ3) is 3.32. The molecule has 2 rings (SSSR count). The van der Waals surface area contributed by atoms with E-state index in [9.17, 15) is 0 Å². The fourth-order valence-electron chi connectivity index (χ4n) is 1.61. The van der Waals surface area contributed by atoms with Crippen LogP contribution in [0.3, 0.4) is 0 Å². The summed E-state index contributed by atoms with van der Waals surface area (Å²) in [6, 6.07) is 0. The number of amidine groups is 1. The molecule has 1 saturated carbocycles. The summed E-state index contributed by atoms with van der Waals surface area (Å²) in [5.74, 6) is 1.30. The van der Waals surface area contributed by atoms with E-state index in [0.717, 1.165) is 21.6 Å². The van der Waals surface area contributed by atoms with Gasteiger partial charge in [0.05, 0.1) is 5.84 Å². The van der Waals surface area contributed by atoms with Crippen LogP contribution >= 0.6 is 23.1 Å². The van der Waals surface area contributed by atoms with Gasteiger partial charge < -0.3 is 10.6 Å². The summed E-state index contributed by atoms with van der Waals surface area (Å²) in [4.78, 5) is 1.96. The first-order chi connectivity index (χ1) is 8.01. The van der Waals surface area contributed by atoms with Crippen LogP contribution < -0.4 is 10.6 Å². The van der Waals surface area contributed by atoms with Gasteiger partial charge in [0.15, 0.2) is 4.34 Å². The molecule has 1 aliphatic carbocycles. The lowest BCUT2D eigenvalue weighted by Gasteiger charge is -2.11. The molecule has 0 bridgehead atoms. The Hall–Kier alpha value is -0.820. The third-order valence-electron chi connectivity index (χ3n) is 2.80. The molecule has 0 atom stereocenters. The maximum absolute atomic E-state index is 7.37. The Kier molecular flexibility index (Phi) is 3.58. The highest BCUT2D eigenvalue weighted by molar-refractivity contribution is 8.01. The van der Waals surface area contributed by atoms with Gasteiger partial charge in [-0.3, -0.25) is 5.41 Å². The molecule has 1 aromatic rings. The first-order valence-corrected chi connectivity index (χ1v) is 7.27. The Morgan fingerprint density at radius 3 is 2.71 bits per heavy atom. The van der Waals surface area contributed by atoms with Gasteiger partial charge in [-0.15, -0.1) is 10.2 Å². The van der Waals surface area contributed by atoms with Gasteiger partial charge in [-0.05, 0) is 18.3 Å². The van der Waals surface area contributed by atoms with Crippen LogP contribution in [0.25, 0.3) is 0 Å². The minimum absolute atomic E-state index is 0.264. The van der Waals surface area contributed by atoms with Gasteiger partial charge in [0, 0.05) is 26.3 Å². The van der Waals surface area contributed by atoms with Crippen molar-refractivity contribution in [1.29, 1.82) is 5.41 Å². The highest BCUT2D eigenvalue weighted by atomic mass is 32.2. The number of rotatable bonds is 6. The van der Waals surface area contributed by atoms with Gasteiger partial charge in [0.25, 0.3) is 0 Å². The van der Waals surface area contributed by atoms with Crippen molar-refractivity contribution in [2.75, 3.05) is 24.7 Å². The summed E-state index contributed by atoms with van der Waals surface area (Å²) in [5, 5.41) is 16.6. The quantitative estimate of drug-likeness (QED) is 0.468. The summed E-state index contributed by atoms with van der Waals surface area (Å²) < 4.78 is 1.00. The lowest BCUT2D eigenvalue weighted by Crippen LogP contribution is -2.17. The lowest BCUT2D eigenvalue weighted by atomic mass is 10.1. The van der Waals surface area contributed by atoms with Gasteiger partial charge in [0.2, 0.25) is 5.13 Å². The molecular weight excluding hydrogens is 254 g/mol. The van der Waals surface area contributed by atoms with Crippen molar-refractivity contribution in [1.82, 2.24) is 10.2 Å². The van der Waals surface area contributed by atoms with Gasteiger partial charge in [-0.2, -0.15) is 0 Å². The molecule has 1 fully saturated rings. The van der Waals surface area contributed by atoms with Crippen molar-refractivity contribution in [3.8, 4) is 0 Å². The van der Waals surface area contributed by atoms with E-state index in [1.165, 1.54) is 12.8 Å². The van der Waals surface area contributed by atoms with Crippen molar-refractivity contribution in [2.45, 2.75) is 23.6 Å². The second kappa shape index (κ2) is 4.81. The van der Waals surface area contributed by atoms with Crippen LogP contribution in [0.4, 0.5) is 5.13 Å². The van der Waals surface area contributed by atoms with E-state index in [1.54, 1.807) is 23.1 Å². The molecule has 0 unspecified atom stereocenters.